The van der Waals surface area contributed by atoms with Crippen molar-refractivity contribution in [3.05, 3.63) is 106 Å². The van der Waals surface area contributed by atoms with Crippen LogP contribution in [0.3, 0.4) is 0 Å². The first kappa shape index (κ1) is 28.1. The van der Waals surface area contributed by atoms with Crippen molar-refractivity contribution in [2.24, 2.45) is 5.73 Å². The first-order chi connectivity index (χ1) is 19.3. The van der Waals surface area contributed by atoms with Crippen molar-refractivity contribution < 1.29 is 23.9 Å². The number of methoxy groups -OCH3 is 2. The molecule has 0 fully saturated rings. The molecule has 3 aromatic carbocycles. The van der Waals surface area contributed by atoms with Gasteiger partial charge in [-0.3, -0.25) is 14.4 Å². The van der Waals surface area contributed by atoms with E-state index in [1.165, 1.54) is 19.1 Å². The maximum atomic E-state index is 14.1. The summed E-state index contributed by atoms with van der Waals surface area (Å²) in [6, 6.07) is 22.6. The molecule has 1 aromatic heterocycles. The average Bonchev–Trinajstić information content (AvgIpc) is 3.37. The summed E-state index contributed by atoms with van der Waals surface area (Å²) in [7, 11) is 3.00. The standard InChI is InChI=1S/C29H29N5O5S/c1-38-21-14-13-20(15-22(21)39-2)25(28(36)32-16-18-9-5-3-6-10-18)34(17-19-11-7-4-8-12-19)29(37)26-23(30)24(27(31)35)33-40-26/h3-15,25H,16-17,30H2,1-2H3,(H2,31,35)(H,32,36)/t25-/m1/s1. The third-order valence-corrected chi connectivity index (χ3v) is 7.06. The highest BCUT2D eigenvalue weighted by molar-refractivity contribution is 7.09. The summed E-state index contributed by atoms with van der Waals surface area (Å²) in [4.78, 5) is 41.3. The van der Waals surface area contributed by atoms with Gasteiger partial charge in [0.25, 0.3) is 11.8 Å². The highest BCUT2D eigenvalue weighted by Gasteiger charge is 2.35. The van der Waals surface area contributed by atoms with Crippen LogP contribution in [-0.2, 0) is 17.9 Å². The van der Waals surface area contributed by atoms with E-state index in [2.05, 4.69) is 9.69 Å². The van der Waals surface area contributed by atoms with Crippen molar-refractivity contribution in [1.29, 1.82) is 0 Å². The van der Waals surface area contributed by atoms with Crippen molar-refractivity contribution in [3.63, 3.8) is 0 Å². The van der Waals surface area contributed by atoms with Crippen LogP contribution in [0.1, 0.15) is 42.9 Å². The highest BCUT2D eigenvalue weighted by atomic mass is 32.1. The van der Waals surface area contributed by atoms with E-state index in [9.17, 15) is 14.4 Å². The predicted octanol–water partition coefficient (Wildman–Crippen LogP) is 3.54. The molecule has 40 heavy (non-hydrogen) atoms. The van der Waals surface area contributed by atoms with E-state index in [0.717, 1.165) is 22.7 Å². The smallest absolute Gasteiger partial charge is 0.270 e. The van der Waals surface area contributed by atoms with Gasteiger partial charge < -0.3 is 31.2 Å². The molecular weight excluding hydrogens is 530 g/mol. The lowest BCUT2D eigenvalue weighted by Gasteiger charge is -2.31. The minimum atomic E-state index is -1.12. The monoisotopic (exact) mass is 559 g/mol. The van der Waals surface area contributed by atoms with Gasteiger partial charge in [0.15, 0.2) is 17.2 Å². The number of amides is 3. The number of nitrogens with one attached hydrogen (secondary N) is 1. The van der Waals surface area contributed by atoms with Crippen LogP contribution >= 0.6 is 11.5 Å². The Bertz CT molecular complexity index is 1490. The Morgan fingerprint density at radius 1 is 0.925 bits per heavy atom. The molecule has 0 unspecified atom stereocenters. The van der Waals surface area contributed by atoms with E-state index >= 15 is 0 Å². The van der Waals surface area contributed by atoms with E-state index in [4.69, 9.17) is 20.9 Å². The molecule has 0 aliphatic carbocycles. The molecular formula is C29H29N5O5S. The average molecular weight is 560 g/mol. The molecule has 5 N–H and O–H groups in total. The summed E-state index contributed by atoms with van der Waals surface area (Å²) in [5.74, 6) is -1.01. The molecule has 0 bridgehead atoms. The maximum Gasteiger partial charge on any atom is 0.270 e. The van der Waals surface area contributed by atoms with Crippen molar-refractivity contribution in [2.45, 2.75) is 19.1 Å². The summed E-state index contributed by atoms with van der Waals surface area (Å²) < 4.78 is 14.9. The van der Waals surface area contributed by atoms with Gasteiger partial charge >= 0.3 is 0 Å². The Kier molecular flexibility index (Phi) is 8.97. The largest absolute Gasteiger partial charge is 0.493 e. The molecule has 1 atom stereocenters. The van der Waals surface area contributed by atoms with E-state index in [1.54, 1.807) is 18.2 Å². The third-order valence-electron chi connectivity index (χ3n) is 6.21. The first-order valence-electron chi connectivity index (χ1n) is 12.3. The molecule has 1 heterocycles. The number of benzene rings is 3. The van der Waals surface area contributed by atoms with Gasteiger partial charge in [-0.25, -0.2) is 0 Å². The van der Waals surface area contributed by atoms with E-state index in [1.807, 2.05) is 60.7 Å². The number of nitrogens with two attached hydrogens (primary N) is 2. The lowest BCUT2D eigenvalue weighted by molar-refractivity contribution is -0.126. The molecule has 0 spiro atoms. The fraction of sp³-hybridized carbons (Fsp3) is 0.172. The molecule has 4 aromatic rings. The van der Waals surface area contributed by atoms with E-state index < -0.39 is 23.8 Å². The van der Waals surface area contributed by atoms with Gasteiger partial charge in [-0.2, -0.15) is 4.37 Å². The van der Waals surface area contributed by atoms with Gasteiger partial charge in [0.05, 0.1) is 19.9 Å². The van der Waals surface area contributed by atoms with Crippen molar-refractivity contribution in [3.8, 4) is 11.5 Å². The summed E-state index contributed by atoms with van der Waals surface area (Å²) in [6.45, 7) is 0.298. The Morgan fingerprint density at radius 2 is 1.55 bits per heavy atom. The Labute approximate surface area is 235 Å². The number of nitrogens with zero attached hydrogens (tertiary/aromatic N) is 2. The number of nitrogen functional groups attached to an aromatic ring is 1. The molecule has 3 amide bonds. The number of anilines is 1. The fourth-order valence-corrected chi connectivity index (χ4v) is 4.96. The fourth-order valence-electron chi connectivity index (χ4n) is 4.20. The van der Waals surface area contributed by atoms with Crippen molar-refractivity contribution >= 4 is 34.9 Å². The molecule has 10 nitrogen and oxygen atoms in total. The van der Waals surface area contributed by atoms with Gasteiger partial charge in [0.2, 0.25) is 5.91 Å². The number of hydrogen-bond acceptors (Lipinski definition) is 8. The number of hydrogen-bond donors (Lipinski definition) is 3. The zero-order valence-corrected chi connectivity index (χ0v) is 22.8. The van der Waals surface area contributed by atoms with Crippen LogP contribution in [-0.4, -0.2) is 41.2 Å². The van der Waals surface area contributed by atoms with Gasteiger partial charge in [-0.15, -0.1) is 0 Å². The zero-order valence-electron chi connectivity index (χ0n) is 22.0. The van der Waals surface area contributed by atoms with Gasteiger partial charge in [0.1, 0.15) is 10.9 Å². The van der Waals surface area contributed by atoms with Crippen LogP contribution in [0.2, 0.25) is 0 Å². The highest BCUT2D eigenvalue weighted by Crippen LogP contribution is 2.35. The molecule has 0 saturated carbocycles. The number of carbonyl (C=O) groups excluding carboxylic acids is 3. The predicted molar refractivity (Wildman–Crippen MR) is 152 cm³/mol. The Hall–Kier alpha value is -4.90. The van der Waals surface area contributed by atoms with Crippen LogP contribution in [0.25, 0.3) is 0 Å². The number of carbonyl (C=O) groups is 3. The van der Waals surface area contributed by atoms with Crippen LogP contribution in [0.4, 0.5) is 5.69 Å². The molecule has 4 rings (SSSR count). The van der Waals surface area contributed by atoms with Crippen molar-refractivity contribution in [1.82, 2.24) is 14.6 Å². The second-order valence-corrected chi connectivity index (χ2v) is 9.55. The van der Waals surface area contributed by atoms with Gasteiger partial charge in [0, 0.05) is 13.1 Å². The third kappa shape index (κ3) is 6.21. The summed E-state index contributed by atoms with van der Waals surface area (Å²) in [5, 5.41) is 2.95. The van der Waals surface area contributed by atoms with Gasteiger partial charge in [-0.1, -0.05) is 66.7 Å². The Balaban J connectivity index is 1.82. The number of rotatable bonds is 11. The number of aromatic nitrogens is 1. The molecule has 11 heteroatoms. The van der Waals surface area contributed by atoms with Crippen LogP contribution in [0.5, 0.6) is 11.5 Å². The quantitative estimate of drug-likeness (QED) is 0.254. The summed E-state index contributed by atoms with van der Waals surface area (Å²) in [5.41, 5.74) is 13.3. The summed E-state index contributed by atoms with van der Waals surface area (Å²) in [6.07, 6.45) is 0. The summed E-state index contributed by atoms with van der Waals surface area (Å²) >= 11 is 0.756. The number of ether oxygens (including phenoxy) is 2. The molecule has 0 radical (unpaired) electrons. The first-order valence-corrected chi connectivity index (χ1v) is 13.0. The molecule has 0 saturated heterocycles. The SMILES string of the molecule is COc1ccc([C@H](C(=O)NCc2ccccc2)N(Cc2ccccc2)C(=O)c2snc(C(N)=O)c2N)cc1OC. The van der Waals surface area contributed by atoms with E-state index in [-0.39, 0.29) is 29.3 Å². The lowest BCUT2D eigenvalue weighted by atomic mass is 10.0. The molecule has 0 aliphatic heterocycles. The van der Waals surface area contributed by atoms with Crippen LogP contribution < -0.4 is 26.3 Å². The van der Waals surface area contributed by atoms with Crippen LogP contribution in [0, 0.1) is 0 Å². The zero-order chi connectivity index (χ0) is 28.6. The topological polar surface area (TPSA) is 150 Å². The normalized spacial score (nSPS) is 11.3. The minimum Gasteiger partial charge on any atom is -0.493 e. The van der Waals surface area contributed by atoms with Crippen molar-refractivity contribution in [2.75, 3.05) is 20.0 Å². The Morgan fingerprint density at radius 3 is 2.12 bits per heavy atom. The maximum absolute atomic E-state index is 14.1. The van der Waals surface area contributed by atoms with Crippen LogP contribution in [0.15, 0.2) is 78.9 Å². The van der Waals surface area contributed by atoms with Gasteiger partial charge in [-0.05, 0) is 40.4 Å². The lowest BCUT2D eigenvalue weighted by Crippen LogP contribution is -2.43. The molecule has 0 aliphatic rings. The van der Waals surface area contributed by atoms with E-state index in [0.29, 0.717) is 17.1 Å². The second kappa shape index (κ2) is 12.8. The molecule has 206 valence electrons. The number of primary amides is 1. The second-order valence-electron chi connectivity index (χ2n) is 8.78. The minimum absolute atomic E-state index is 0.00562.